The smallest absolute Gasteiger partial charge is 0.274 e. The molecule has 0 bridgehead atoms. The molecule has 1 aromatic heterocycles. The summed E-state index contributed by atoms with van der Waals surface area (Å²) < 4.78 is 5.44. The molecule has 1 amide bonds. The maximum atomic E-state index is 13.1. The van der Waals surface area contributed by atoms with Crippen LogP contribution in [0.4, 0.5) is 0 Å². The van der Waals surface area contributed by atoms with Crippen LogP contribution in [-0.2, 0) is 17.6 Å². The van der Waals surface area contributed by atoms with E-state index in [0.29, 0.717) is 11.7 Å². The molecule has 126 valence electrons. The highest BCUT2D eigenvalue weighted by Gasteiger charge is 2.33. The molecule has 2 aliphatic heterocycles. The number of carbonyl (C=O) groups excluding carboxylic acids is 1. The lowest BCUT2D eigenvalue weighted by Crippen LogP contribution is -2.51. The molecule has 23 heavy (non-hydrogen) atoms. The Morgan fingerprint density at radius 1 is 1.17 bits per heavy atom. The van der Waals surface area contributed by atoms with Crippen LogP contribution >= 0.6 is 0 Å². The molecular weight excluding hydrogens is 292 g/mol. The SMILES string of the molecule is O=C(c1n[nH]c2c1CCC2)N1CCCCC1CN1CCOCC1. The van der Waals surface area contributed by atoms with E-state index in [9.17, 15) is 4.79 Å². The molecule has 1 N–H and O–H groups in total. The van der Waals surface area contributed by atoms with Gasteiger partial charge in [-0.2, -0.15) is 5.10 Å². The zero-order chi connectivity index (χ0) is 15.6. The van der Waals surface area contributed by atoms with Crippen molar-refractivity contribution in [2.24, 2.45) is 0 Å². The molecule has 1 unspecified atom stereocenters. The minimum Gasteiger partial charge on any atom is -0.379 e. The number of aromatic amines is 1. The summed E-state index contributed by atoms with van der Waals surface area (Å²) in [5, 5.41) is 7.42. The number of rotatable bonds is 3. The van der Waals surface area contributed by atoms with Crippen molar-refractivity contribution in [3.05, 3.63) is 17.0 Å². The van der Waals surface area contributed by atoms with Crippen LogP contribution in [-0.4, -0.2) is 71.3 Å². The number of likely N-dealkylation sites (tertiary alicyclic amines) is 1. The third-order valence-corrected chi connectivity index (χ3v) is 5.47. The first-order valence-electron chi connectivity index (χ1n) is 9.00. The average molecular weight is 318 g/mol. The molecule has 6 nitrogen and oxygen atoms in total. The van der Waals surface area contributed by atoms with Crippen molar-refractivity contribution >= 4 is 5.91 Å². The predicted molar refractivity (Wildman–Crippen MR) is 86.5 cm³/mol. The van der Waals surface area contributed by atoms with Gasteiger partial charge in [0, 0.05) is 43.5 Å². The maximum Gasteiger partial charge on any atom is 0.274 e. The standard InChI is InChI=1S/C17H26N4O2/c22-17(16-14-5-3-6-15(14)18-19-16)21-7-2-1-4-13(21)12-20-8-10-23-11-9-20/h13H,1-12H2,(H,18,19). The van der Waals surface area contributed by atoms with E-state index < -0.39 is 0 Å². The van der Waals surface area contributed by atoms with Crippen LogP contribution in [0.5, 0.6) is 0 Å². The number of nitrogens with one attached hydrogen (secondary N) is 1. The number of hydrogen-bond donors (Lipinski definition) is 1. The molecule has 3 aliphatic rings. The van der Waals surface area contributed by atoms with E-state index in [0.717, 1.165) is 71.5 Å². The Bertz CT molecular complexity index is 565. The van der Waals surface area contributed by atoms with Gasteiger partial charge in [-0.15, -0.1) is 0 Å². The van der Waals surface area contributed by atoms with Crippen molar-refractivity contribution in [1.82, 2.24) is 20.0 Å². The number of amides is 1. The van der Waals surface area contributed by atoms with Crippen LogP contribution < -0.4 is 0 Å². The number of fused-ring (bicyclic) bond motifs is 1. The second-order valence-electron chi connectivity index (χ2n) is 6.94. The fourth-order valence-corrected chi connectivity index (χ4v) is 4.17. The summed E-state index contributed by atoms with van der Waals surface area (Å²) in [5.74, 6) is 0.141. The van der Waals surface area contributed by atoms with E-state index in [2.05, 4.69) is 20.0 Å². The summed E-state index contributed by atoms with van der Waals surface area (Å²) in [6, 6.07) is 0.322. The Balaban J connectivity index is 1.49. The number of H-pyrrole nitrogens is 1. The number of nitrogens with zero attached hydrogens (tertiary/aromatic N) is 3. The zero-order valence-electron chi connectivity index (χ0n) is 13.7. The molecule has 2 fully saturated rings. The van der Waals surface area contributed by atoms with Crippen LogP contribution in [0.25, 0.3) is 0 Å². The first-order valence-corrected chi connectivity index (χ1v) is 9.00. The largest absolute Gasteiger partial charge is 0.379 e. The van der Waals surface area contributed by atoms with E-state index in [1.54, 1.807) is 0 Å². The normalized spacial score (nSPS) is 25.6. The summed E-state index contributed by atoms with van der Waals surface area (Å²) in [5.41, 5.74) is 3.03. The highest BCUT2D eigenvalue weighted by molar-refractivity contribution is 5.94. The Labute approximate surface area is 137 Å². The topological polar surface area (TPSA) is 61.5 Å². The molecule has 1 aromatic rings. The average Bonchev–Trinajstić information content (AvgIpc) is 3.19. The molecule has 1 aliphatic carbocycles. The minimum absolute atomic E-state index is 0.141. The van der Waals surface area contributed by atoms with Crippen molar-refractivity contribution in [3.8, 4) is 0 Å². The second-order valence-corrected chi connectivity index (χ2v) is 6.94. The van der Waals surface area contributed by atoms with Crippen LogP contribution in [0.3, 0.4) is 0 Å². The molecule has 0 radical (unpaired) electrons. The Hall–Kier alpha value is -1.40. The predicted octanol–water partition coefficient (Wildman–Crippen LogP) is 1.23. The van der Waals surface area contributed by atoms with Gasteiger partial charge in [0.2, 0.25) is 0 Å². The summed E-state index contributed by atoms with van der Waals surface area (Å²) in [4.78, 5) is 17.6. The monoisotopic (exact) mass is 318 g/mol. The lowest BCUT2D eigenvalue weighted by molar-refractivity contribution is 0.0164. The quantitative estimate of drug-likeness (QED) is 0.910. The van der Waals surface area contributed by atoms with E-state index in [-0.39, 0.29) is 5.91 Å². The summed E-state index contributed by atoms with van der Waals surface area (Å²) in [6.45, 7) is 5.44. The summed E-state index contributed by atoms with van der Waals surface area (Å²) in [7, 11) is 0. The first-order chi connectivity index (χ1) is 11.3. The highest BCUT2D eigenvalue weighted by Crippen LogP contribution is 2.26. The van der Waals surface area contributed by atoms with Crippen LogP contribution in [0.1, 0.15) is 47.4 Å². The molecule has 2 saturated heterocycles. The van der Waals surface area contributed by atoms with Gasteiger partial charge in [-0.05, 0) is 38.5 Å². The number of aromatic nitrogens is 2. The first kappa shape index (κ1) is 15.1. The van der Waals surface area contributed by atoms with E-state index >= 15 is 0 Å². The van der Waals surface area contributed by atoms with Gasteiger partial charge >= 0.3 is 0 Å². The van der Waals surface area contributed by atoms with Gasteiger partial charge in [-0.1, -0.05) is 0 Å². The molecule has 4 rings (SSSR count). The Morgan fingerprint density at radius 3 is 2.91 bits per heavy atom. The number of hydrogen-bond acceptors (Lipinski definition) is 4. The molecular formula is C17H26N4O2. The lowest BCUT2D eigenvalue weighted by atomic mass is 10.00. The second kappa shape index (κ2) is 6.61. The molecule has 0 spiro atoms. The molecule has 0 aromatic carbocycles. The zero-order valence-corrected chi connectivity index (χ0v) is 13.7. The fourth-order valence-electron chi connectivity index (χ4n) is 4.17. The molecule has 1 atom stereocenters. The van der Waals surface area contributed by atoms with Crippen molar-refractivity contribution in [2.75, 3.05) is 39.4 Å². The Morgan fingerprint density at radius 2 is 2.04 bits per heavy atom. The third kappa shape index (κ3) is 3.02. The van der Waals surface area contributed by atoms with Gasteiger partial charge in [-0.25, -0.2) is 0 Å². The van der Waals surface area contributed by atoms with Gasteiger partial charge in [0.15, 0.2) is 5.69 Å². The van der Waals surface area contributed by atoms with Gasteiger partial charge in [0.1, 0.15) is 0 Å². The lowest BCUT2D eigenvalue weighted by Gasteiger charge is -2.39. The van der Waals surface area contributed by atoms with E-state index in [1.807, 2.05) is 0 Å². The molecule has 3 heterocycles. The van der Waals surface area contributed by atoms with Crippen molar-refractivity contribution in [2.45, 2.75) is 44.6 Å². The minimum atomic E-state index is 0.141. The van der Waals surface area contributed by atoms with Crippen molar-refractivity contribution in [1.29, 1.82) is 0 Å². The third-order valence-electron chi connectivity index (χ3n) is 5.47. The summed E-state index contributed by atoms with van der Waals surface area (Å²) >= 11 is 0. The number of morpholine rings is 1. The molecule has 6 heteroatoms. The highest BCUT2D eigenvalue weighted by atomic mass is 16.5. The van der Waals surface area contributed by atoms with Crippen LogP contribution in [0, 0.1) is 0 Å². The Kier molecular flexibility index (Phi) is 4.35. The van der Waals surface area contributed by atoms with Crippen molar-refractivity contribution in [3.63, 3.8) is 0 Å². The number of ether oxygens (including phenoxy) is 1. The van der Waals surface area contributed by atoms with Gasteiger partial charge < -0.3 is 9.64 Å². The van der Waals surface area contributed by atoms with E-state index in [4.69, 9.17) is 4.74 Å². The van der Waals surface area contributed by atoms with Crippen LogP contribution in [0.15, 0.2) is 0 Å². The van der Waals surface area contributed by atoms with Gasteiger partial charge in [0.25, 0.3) is 5.91 Å². The van der Waals surface area contributed by atoms with Gasteiger partial charge in [-0.3, -0.25) is 14.8 Å². The molecule has 0 saturated carbocycles. The van der Waals surface area contributed by atoms with E-state index in [1.165, 1.54) is 17.7 Å². The van der Waals surface area contributed by atoms with Crippen LogP contribution in [0.2, 0.25) is 0 Å². The number of aryl methyl sites for hydroxylation is 1. The fraction of sp³-hybridized carbons (Fsp3) is 0.765. The summed E-state index contributed by atoms with van der Waals surface area (Å²) in [6.07, 6.45) is 6.61. The maximum absolute atomic E-state index is 13.1. The van der Waals surface area contributed by atoms with Gasteiger partial charge in [0.05, 0.1) is 13.2 Å². The number of carbonyl (C=O) groups is 1. The number of piperidine rings is 1. The van der Waals surface area contributed by atoms with Crippen molar-refractivity contribution < 1.29 is 9.53 Å².